The van der Waals surface area contributed by atoms with Gasteiger partial charge in [-0.25, -0.2) is 15.0 Å². The van der Waals surface area contributed by atoms with Crippen LogP contribution >= 0.6 is 11.3 Å². The Labute approximate surface area is 213 Å². The second-order valence-corrected chi connectivity index (χ2v) is 11.0. The quantitative estimate of drug-likeness (QED) is 0.251. The molecule has 0 spiro atoms. The zero-order valence-corrected chi connectivity index (χ0v) is 20.7. The van der Waals surface area contributed by atoms with E-state index in [1.165, 1.54) is 11.3 Å². The number of aromatic nitrogens is 4. The van der Waals surface area contributed by atoms with Crippen LogP contribution in [0.25, 0.3) is 21.3 Å². The molecule has 1 fully saturated rings. The van der Waals surface area contributed by atoms with Gasteiger partial charge in [0, 0.05) is 40.7 Å². The number of benzene rings is 1. The Bertz CT molecular complexity index is 1480. The third-order valence-electron chi connectivity index (χ3n) is 6.89. The molecule has 12 heteroatoms. The summed E-state index contributed by atoms with van der Waals surface area (Å²) < 4.78 is 38.8. The van der Waals surface area contributed by atoms with E-state index in [0.29, 0.717) is 30.0 Å². The van der Waals surface area contributed by atoms with E-state index in [1.807, 2.05) is 26.1 Å². The minimum atomic E-state index is -4.57. The number of hydrogen-bond acceptors (Lipinski definition) is 7. The van der Waals surface area contributed by atoms with Gasteiger partial charge in [-0.1, -0.05) is 19.9 Å². The molecular weight excluding hydrogens is 507 g/mol. The molecule has 5 rings (SSSR count). The van der Waals surface area contributed by atoms with Crippen molar-refractivity contribution in [3.63, 3.8) is 0 Å². The van der Waals surface area contributed by atoms with Gasteiger partial charge in [0.05, 0.1) is 10.8 Å². The van der Waals surface area contributed by atoms with Crippen LogP contribution in [0.1, 0.15) is 43.8 Å². The van der Waals surface area contributed by atoms with E-state index in [-0.39, 0.29) is 5.95 Å². The second kappa shape index (κ2) is 8.80. The average Bonchev–Trinajstić information content (AvgIpc) is 3.45. The number of rotatable bonds is 5. The number of alkyl halides is 3. The number of fused-ring (bicyclic) bond motifs is 1. The Morgan fingerprint density at radius 2 is 2.03 bits per heavy atom. The number of carbonyl (C=O) groups is 1. The van der Waals surface area contributed by atoms with Crippen molar-refractivity contribution in [1.82, 2.24) is 19.9 Å². The number of halogens is 3. The number of anilines is 2. The monoisotopic (exact) mass is 531 g/mol. The molecular formula is C25H24F3N5O3S. The summed E-state index contributed by atoms with van der Waals surface area (Å²) in [6, 6.07) is 6.10. The largest absolute Gasteiger partial charge is 0.481 e. The highest BCUT2D eigenvalue weighted by atomic mass is 32.1. The van der Waals surface area contributed by atoms with Gasteiger partial charge < -0.3 is 20.5 Å². The number of carboxylic acid groups (broad SMARTS) is 1. The molecule has 4 N–H and O–H groups in total. The Kier molecular flexibility index (Phi) is 5.99. The van der Waals surface area contributed by atoms with Gasteiger partial charge in [-0.2, -0.15) is 13.2 Å². The van der Waals surface area contributed by atoms with Crippen LogP contribution in [0.2, 0.25) is 0 Å². The van der Waals surface area contributed by atoms with Crippen LogP contribution in [-0.4, -0.2) is 36.1 Å². The minimum Gasteiger partial charge on any atom is -0.481 e. The van der Waals surface area contributed by atoms with Gasteiger partial charge in [0.2, 0.25) is 5.95 Å². The topological polar surface area (TPSA) is 124 Å². The van der Waals surface area contributed by atoms with Crippen molar-refractivity contribution < 1.29 is 28.2 Å². The molecule has 1 aliphatic rings. The van der Waals surface area contributed by atoms with Gasteiger partial charge in [-0.15, -0.1) is 11.3 Å². The highest BCUT2D eigenvalue weighted by Gasteiger charge is 2.49. The maximum Gasteiger partial charge on any atom is 0.433 e. The van der Waals surface area contributed by atoms with Gasteiger partial charge in [0.15, 0.2) is 0 Å². The zero-order chi connectivity index (χ0) is 26.6. The number of carboxylic acids is 1. The van der Waals surface area contributed by atoms with Crippen LogP contribution in [0.5, 0.6) is 0 Å². The fourth-order valence-corrected chi connectivity index (χ4v) is 6.17. The summed E-state index contributed by atoms with van der Waals surface area (Å²) in [6.45, 7) is 3.72. The zero-order valence-electron chi connectivity index (χ0n) is 19.9. The molecule has 0 amide bonds. The molecule has 2 atom stereocenters. The number of thiazole rings is 1. The summed E-state index contributed by atoms with van der Waals surface area (Å²) in [5, 5.41) is 25.2. The van der Waals surface area contributed by atoms with Crippen molar-refractivity contribution in [3.05, 3.63) is 53.6 Å². The number of aliphatic carboxylic acids is 1. The molecule has 4 aromatic rings. The standard InChI is InChI=1S/C25H24F3N5O3S/c1-23(2)12-24(36,7-5-16(23)20(34)35)21-31-11-18(37-21)15-10-30-17-9-13(3-4-14(15)17)32-22-29-8-6-19(33-22)25(26,27)28/h3-4,6,8-11,16,30,36H,5,7,12H2,1-2H3,(H,34,35)(H,29,32,33). The molecule has 3 aromatic heterocycles. The normalized spacial score (nSPS) is 21.7. The van der Waals surface area contributed by atoms with E-state index in [0.717, 1.165) is 33.6 Å². The highest BCUT2D eigenvalue weighted by Crippen LogP contribution is 2.51. The average molecular weight is 532 g/mol. The lowest BCUT2D eigenvalue weighted by Gasteiger charge is -2.44. The second-order valence-electron chi connectivity index (χ2n) is 10.0. The molecule has 37 heavy (non-hydrogen) atoms. The Balaban J connectivity index is 1.38. The van der Waals surface area contributed by atoms with Gasteiger partial charge in [-0.3, -0.25) is 4.79 Å². The van der Waals surface area contributed by atoms with E-state index in [2.05, 4.69) is 25.3 Å². The van der Waals surface area contributed by atoms with Crippen molar-refractivity contribution in [1.29, 1.82) is 0 Å². The number of aliphatic hydroxyl groups is 1. The van der Waals surface area contributed by atoms with Gasteiger partial charge in [0.1, 0.15) is 16.3 Å². The molecule has 0 bridgehead atoms. The Morgan fingerprint density at radius 3 is 2.73 bits per heavy atom. The fraction of sp³-hybridized carbons (Fsp3) is 0.360. The summed E-state index contributed by atoms with van der Waals surface area (Å²) in [4.78, 5) is 27.5. The number of H-pyrrole nitrogens is 1. The predicted molar refractivity (Wildman–Crippen MR) is 132 cm³/mol. The van der Waals surface area contributed by atoms with E-state index in [9.17, 15) is 28.2 Å². The summed E-state index contributed by atoms with van der Waals surface area (Å²) in [5.41, 5.74) is -0.704. The minimum absolute atomic E-state index is 0.165. The molecule has 2 unspecified atom stereocenters. The van der Waals surface area contributed by atoms with Crippen LogP contribution in [-0.2, 0) is 16.6 Å². The number of nitrogens with one attached hydrogen (secondary N) is 2. The molecule has 1 aliphatic carbocycles. The lowest BCUT2D eigenvalue weighted by atomic mass is 9.63. The number of nitrogens with zero attached hydrogens (tertiary/aromatic N) is 3. The fourth-order valence-electron chi connectivity index (χ4n) is 5.11. The third-order valence-corrected chi connectivity index (χ3v) is 8.11. The number of hydrogen-bond donors (Lipinski definition) is 4. The summed E-state index contributed by atoms with van der Waals surface area (Å²) in [5.74, 6) is -1.54. The SMILES string of the molecule is CC1(C)CC(O)(c2ncc(-c3c[nH]c4cc(Nc5nccc(C(F)(F)F)n5)ccc34)s2)CCC1C(=O)O. The lowest BCUT2D eigenvalue weighted by molar-refractivity contribution is -0.154. The summed E-state index contributed by atoms with van der Waals surface area (Å²) in [7, 11) is 0. The van der Waals surface area contributed by atoms with Crippen LogP contribution in [0.3, 0.4) is 0 Å². The van der Waals surface area contributed by atoms with E-state index < -0.39 is 34.8 Å². The number of aromatic amines is 1. The predicted octanol–water partition coefficient (Wildman–Crippen LogP) is 5.94. The molecule has 0 saturated heterocycles. The maximum atomic E-state index is 12.9. The molecule has 1 saturated carbocycles. The first-order chi connectivity index (χ1) is 17.4. The van der Waals surface area contributed by atoms with Crippen LogP contribution in [0.15, 0.2) is 42.9 Å². The van der Waals surface area contributed by atoms with E-state index in [1.54, 1.807) is 18.3 Å². The third kappa shape index (κ3) is 4.78. The molecule has 1 aromatic carbocycles. The van der Waals surface area contributed by atoms with Crippen molar-refractivity contribution in [2.45, 2.75) is 44.9 Å². The van der Waals surface area contributed by atoms with E-state index >= 15 is 0 Å². The molecule has 0 radical (unpaired) electrons. The molecule has 0 aliphatic heterocycles. The first-order valence-electron chi connectivity index (χ1n) is 11.6. The smallest absolute Gasteiger partial charge is 0.433 e. The van der Waals surface area contributed by atoms with Crippen LogP contribution < -0.4 is 5.32 Å². The molecule has 8 nitrogen and oxygen atoms in total. The summed E-state index contributed by atoms with van der Waals surface area (Å²) >= 11 is 1.36. The van der Waals surface area contributed by atoms with Gasteiger partial charge in [0.25, 0.3) is 0 Å². The Morgan fingerprint density at radius 1 is 1.24 bits per heavy atom. The first-order valence-corrected chi connectivity index (χ1v) is 12.4. The summed E-state index contributed by atoms with van der Waals surface area (Å²) in [6.07, 6.45) is 0.969. The molecule has 194 valence electrons. The van der Waals surface area contributed by atoms with Crippen molar-refractivity contribution in [2.24, 2.45) is 11.3 Å². The van der Waals surface area contributed by atoms with Crippen molar-refractivity contribution in [3.8, 4) is 10.4 Å². The maximum absolute atomic E-state index is 12.9. The van der Waals surface area contributed by atoms with Gasteiger partial charge >= 0.3 is 12.1 Å². The van der Waals surface area contributed by atoms with Gasteiger partial charge in [-0.05, 0) is 42.9 Å². The Hall–Kier alpha value is -3.51. The van der Waals surface area contributed by atoms with Crippen molar-refractivity contribution >= 4 is 39.8 Å². The van der Waals surface area contributed by atoms with Crippen LogP contribution in [0, 0.1) is 11.3 Å². The molecule has 3 heterocycles. The first kappa shape index (κ1) is 25.2. The van der Waals surface area contributed by atoms with E-state index in [4.69, 9.17) is 0 Å². The highest BCUT2D eigenvalue weighted by molar-refractivity contribution is 7.15. The van der Waals surface area contributed by atoms with Crippen molar-refractivity contribution in [2.75, 3.05) is 5.32 Å². The van der Waals surface area contributed by atoms with Crippen LogP contribution in [0.4, 0.5) is 24.8 Å². The lowest BCUT2D eigenvalue weighted by Crippen LogP contribution is -2.44.